The summed E-state index contributed by atoms with van der Waals surface area (Å²) in [5.74, 6) is -2.66. The summed E-state index contributed by atoms with van der Waals surface area (Å²) in [6.45, 7) is -1.56. The van der Waals surface area contributed by atoms with Crippen molar-refractivity contribution in [3.05, 3.63) is 35.9 Å². The predicted molar refractivity (Wildman–Crippen MR) is 94.6 cm³/mol. The van der Waals surface area contributed by atoms with Gasteiger partial charge in [-0.25, -0.2) is 4.79 Å². The molecule has 0 aromatic heterocycles. The van der Waals surface area contributed by atoms with Gasteiger partial charge in [0.25, 0.3) is 0 Å². The molecule has 0 aliphatic rings. The largest absolute Gasteiger partial charge is 0.445 e. The minimum atomic E-state index is -5.10. The highest BCUT2D eigenvalue weighted by molar-refractivity contribution is 7.54. The van der Waals surface area contributed by atoms with Gasteiger partial charge < -0.3 is 10.1 Å². The smallest absolute Gasteiger partial charge is 0.412 e. The van der Waals surface area contributed by atoms with Crippen molar-refractivity contribution in [2.24, 2.45) is 5.92 Å². The number of alkyl halides is 6. The lowest BCUT2D eigenvalue weighted by Gasteiger charge is -2.31. The molecular formula is C17H22F6NO5P. The summed E-state index contributed by atoms with van der Waals surface area (Å²) in [6, 6.07) is 8.31. The van der Waals surface area contributed by atoms with E-state index in [0.29, 0.717) is 5.56 Å². The summed E-state index contributed by atoms with van der Waals surface area (Å²) in [4.78, 5) is 12.1. The maximum Gasteiger partial charge on any atom is 0.412 e. The van der Waals surface area contributed by atoms with Crippen molar-refractivity contribution in [3.8, 4) is 0 Å². The van der Waals surface area contributed by atoms with Crippen molar-refractivity contribution in [1.82, 2.24) is 5.32 Å². The molecule has 1 N–H and O–H groups in total. The second kappa shape index (κ2) is 11.0. The normalized spacial score (nSPS) is 14.8. The lowest BCUT2D eigenvalue weighted by Crippen LogP contribution is -2.41. The van der Waals surface area contributed by atoms with E-state index in [1.807, 2.05) is 5.32 Å². The molecule has 0 spiro atoms. The number of carbonyl (C=O) groups excluding carboxylic acids is 1. The first-order chi connectivity index (χ1) is 13.8. The number of ether oxygens (including phenoxy) is 1. The van der Waals surface area contributed by atoms with E-state index in [2.05, 4.69) is 9.05 Å². The SMILES string of the molecule is CCC(C)C(NC(=O)OCc1ccccc1)P(=O)(OCC(F)(F)F)OCC(F)(F)F. The monoisotopic (exact) mass is 465 g/mol. The van der Waals surface area contributed by atoms with Gasteiger partial charge >= 0.3 is 26.0 Å². The summed E-state index contributed by atoms with van der Waals surface area (Å²) in [7, 11) is -5.10. The molecule has 0 fully saturated rings. The Labute approximate surface area is 169 Å². The maximum atomic E-state index is 12.9. The number of halogens is 6. The van der Waals surface area contributed by atoms with Gasteiger partial charge in [-0.1, -0.05) is 50.6 Å². The van der Waals surface area contributed by atoms with Crippen LogP contribution in [0.4, 0.5) is 31.1 Å². The number of hydrogen-bond donors (Lipinski definition) is 1. The van der Waals surface area contributed by atoms with Gasteiger partial charge in [-0.3, -0.25) is 13.6 Å². The molecule has 30 heavy (non-hydrogen) atoms. The molecule has 13 heteroatoms. The lowest BCUT2D eigenvalue weighted by atomic mass is 10.1. The van der Waals surface area contributed by atoms with E-state index in [9.17, 15) is 35.7 Å². The molecule has 172 valence electrons. The van der Waals surface area contributed by atoms with Crippen LogP contribution < -0.4 is 5.32 Å². The average Bonchev–Trinajstić information content (AvgIpc) is 2.66. The zero-order valence-electron chi connectivity index (χ0n) is 16.1. The number of carbonyl (C=O) groups is 1. The fourth-order valence-corrected chi connectivity index (χ4v) is 4.31. The fourth-order valence-electron chi connectivity index (χ4n) is 2.17. The van der Waals surface area contributed by atoms with Gasteiger partial charge in [-0.05, 0) is 11.5 Å². The highest BCUT2D eigenvalue weighted by atomic mass is 31.2. The second-order valence-electron chi connectivity index (χ2n) is 6.35. The first-order valence-corrected chi connectivity index (χ1v) is 10.4. The summed E-state index contributed by atoms with van der Waals surface area (Å²) in [5, 5.41) is 2.04. The Balaban J connectivity index is 3.00. The number of amides is 1. The molecule has 0 aliphatic heterocycles. The van der Waals surface area contributed by atoms with E-state index in [1.165, 1.54) is 13.8 Å². The molecule has 0 bridgehead atoms. The summed E-state index contributed by atoms with van der Waals surface area (Å²) >= 11 is 0. The van der Waals surface area contributed by atoms with Crippen LogP contribution in [0.15, 0.2) is 30.3 Å². The van der Waals surface area contributed by atoms with Gasteiger partial charge in [0.15, 0.2) is 13.2 Å². The first-order valence-electron chi connectivity index (χ1n) is 8.75. The Kier molecular flexibility index (Phi) is 9.64. The molecule has 1 aromatic carbocycles. The topological polar surface area (TPSA) is 73.9 Å². The third-order valence-electron chi connectivity index (χ3n) is 3.82. The van der Waals surface area contributed by atoms with E-state index < -0.39 is 51.0 Å². The zero-order valence-corrected chi connectivity index (χ0v) is 17.0. The van der Waals surface area contributed by atoms with Crippen LogP contribution >= 0.6 is 7.60 Å². The first kappa shape index (κ1) is 26.3. The van der Waals surface area contributed by atoms with E-state index in [4.69, 9.17) is 4.74 Å². The van der Waals surface area contributed by atoms with Crippen molar-refractivity contribution in [1.29, 1.82) is 0 Å². The van der Waals surface area contributed by atoms with Crippen LogP contribution in [-0.2, 0) is 25.0 Å². The number of hydrogen-bond acceptors (Lipinski definition) is 5. The Morgan fingerprint density at radius 2 is 1.53 bits per heavy atom. The van der Waals surface area contributed by atoms with Crippen LogP contribution in [-0.4, -0.2) is 37.4 Å². The molecule has 6 nitrogen and oxygen atoms in total. The molecule has 0 heterocycles. The van der Waals surface area contributed by atoms with Gasteiger partial charge in [0.05, 0.1) is 0 Å². The van der Waals surface area contributed by atoms with Gasteiger partial charge in [0, 0.05) is 0 Å². The minimum Gasteiger partial charge on any atom is -0.445 e. The lowest BCUT2D eigenvalue weighted by molar-refractivity contribution is -0.166. The molecule has 2 unspecified atom stereocenters. The Bertz CT molecular complexity index is 691. The van der Waals surface area contributed by atoms with Crippen molar-refractivity contribution in [3.63, 3.8) is 0 Å². The Hall–Kier alpha value is -1.78. The van der Waals surface area contributed by atoms with Crippen LogP contribution in [0.5, 0.6) is 0 Å². The van der Waals surface area contributed by atoms with Gasteiger partial charge in [-0.2, -0.15) is 26.3 Å². The van der Waals surface area contributed by atoms with Crippen molar-refractivity contribution < 1.29 is 49.5 Å². The molecular weight excluding hydrogens is 443 g/mol. The van der Waals surface area contributed by atoms with Crippen LogP contribution in [0.2, 0.25) is 0 Å². The minimum absolute atomic E-state index is 0.137. The van der Waals surface area contributed by atoms with Crippen LogP contribution in [0, 0.1) is 5.92 Å². The quantitative estimate of drug-likeness (QED) is 0.358. The summed E-state index contributed by atoms with van der Waals surface area (Å²) in [5.41, 5.74) is 0.581. The summed E-state index contributed by atoms with van der Waals surface area (Å²) in [6.07, 6.45) is -11.0. The standard InChI is InChI=1S/C17H22F6NO5P/c1-3-12(2)14(24-15(25)27-9-13-7-5-4-6-8-13)30(26,28-10-16(18,19)20)29-11-17(21,22)23/h4-8,12,14H,3,9-11H2,1-2H3,(H,24,25). The summed E-state index contributed by atoms with van der Waals surface area (Å²) < 4.78 is 102. The van der Waals surface area contributed by atoms with Gasteiger partial charge in [0.2, 0.25) is 0 Å². The van der Waals surface area contributed by atoms with Crippen molar-refractivity contribution in [2.75, 3.05) is 13.2 Å². The van der Waals surface area contributed by atoms with Crippen LogP contribution in [0.3, 0.4) is 0 Å². The number of alkyl carbamates (subject to hydrolysis) is 1. The fraction of sp³-hybridized carbons (Fsp3) is 0.588. The van der Waals surface area contributed by atoms with Crippen molar-refractivity contribution >= 4 is 13.7 Å². The third-order valence-corrected chi connectivity index (χ3v) is 6.12. The number of nitrogens with one attached hydrogen (secondary N) is 1. The van der Waals surface area contributed by atoms with Gasteiger partial charge in [-0.15, -0.1) is 0 Å². The van der Waals surface area contributed by atoms with E-state index in [0.717, 1.165) is 0 Å². The zero-order chi connectivity index (χ0) is 23.0. The molecule has 1 rings (SSSR count). The Morgan fingerprint density at radius 3 is 1.97 bits per heavy atom. The highest BCUT2D eigenvalue weighted by Crippen LogP contribution is 2.56. The van der Waals surface area contributed by atoms with Crippen molar-refractivity contribution in [2.45, 2.75) is 45.0 Å². The Morgan fingerprint density at radius 1 is 1.03 bits per heavy atom. The average molecular weight is 465 g/mol. The van der Waals surface area contributed by atoms with E-state index in [-0.39, 0.29) is 13.0 Å². The second-order valence-corrected chi connectivity index (χ2v) is 8.51. The van der Waals surface area contributed by atoms with E-state index >= 15 is 0 Å². The molecule has 1 aromatic rings. The van der Waals surface area contributed by atoms with Crippen LogP contribution in [0.25, 0.3) is 0 Å². The van der Waals surface area contributed by atoms with Crippen LogP contribution in [0.1, 0.15) is 25.8 Å². The molecule has 2 atom stereocenters. The van der Waals surface area contributed by atoms with Gasteiger partial charge in [0.1, 0.15) is 12.4 Å². The molecule has 0 radical (unpaired) electrons. The number of rotatable bonds is 10. The predicted octanol–water partition coefficient (Wildman–Crippen LogP) is 5.64. The molecule has 0 saturated carbocycles. The molecule has 1 amide bonds. The number of benzene rings is 1. The van der Waals surface area contributed by atoms with E-state index in [1.54, 1.807) is 30.3 Å². The third kappa shape index (κ3) is 9.82. The molecule has 0 aliphatic carbocycles. The molecule has 0 saturated heterocycles. The highest BCUT2D eigenvalue weighted by Gasteiger charge is 2.46. The maximum absolute atomic E-state index is 12.9.